The molecule has 10 heteroatoms. The van der Waals surface area contributed by atoms with Gasteiger partial charge in [-0.3, -0.25) is 9.59 Å². The van der Waals surface area contributed by atoms with Crippen LogP contribution in [-0.2, 0) is 47.6 Å². The molecule has 0 aromatic heterocycles. The Hall–Kier alpha value is -2.20. The van der Waals surface area contributed by atoms with Gasteiger partial charge in [0.2, 0.25) is 0 Å². The van der Waals surface area contributed by atoms with Crippen molar-refractivity contribution in [3.05, 3.63) is 0 Å². The summed E-state index contributed by atoms with van der Waals surface area (Å²) in [5.74, 6) is -1.85. The van der Waals surface area contributed by atoms with Crippen LogP contribution in [0.3, 0.4) is 0 Å². The molecule has 0 aromatic carbocycles. The molecule has 0 aromatic rings. The maximum absolute atomic E-state index is 12.6. The van der Waals surface area contributed by atoms with Gasteiger partial charge in [0.25, 0.3) is 0 Å². The molecular formula is C41H76O10. The first-order valence-electron chi connectivity index (χ1n) is 20.7. The molecule has 0 aliphatic heterocycles. The van der Waals surface area contributed by atoms with Gasteiger partial charge >= 0.3 is 23.9 Å². The lowest BCUT2D eigenvalue weighted by Crippen LogP contribution is -2.31. The van der Waals surface area contributed by atoms with Crippen LogP contribution in [0.2, 0.25) is 0 Å². The summed E-state index contributed by atoms with van der Waals surface area (Å²) < 4.78 is 31.4. The van der Waals surface area contributed by atoms with E-state index in [1.807, 2.05) is 0 Å². The molecule has 300 valence electrons. The van der Waals surface area contributed by atoms with Gasteiger partial charge in [0, 0.05) is 12.8 Å². The number of unbranched alkanes of at least 4 members (excludes halogenated alkanes) is 22. The second kappa shape index (κ2) is 39.0. The number of esters is 4. The van der Waals surface area contributed by atoms with Crippen molar-refractivity contribution in [3.63, 3.8) is 0 Å². The standard InChI is InChI=1S/C41H76O10/c1-4-7-9-11-13-15-17-19-21-23-25-27-29-38(42)49-33-37(34-50-41(45)36-47-32-31-46-35-40(44)48-6-3)51-39(43)30-28-26-24-22-20-18-16-14-12-10-8-5-2/h37H,4-36H2,1-3H3. The summed E-state index contributed by atoms with van der Waals surface area (Å²) in [5.41, 5.74) is 0. The van der Waals surface area contributed by atoms with Crippen LogP contribution in [0.15, 0.2) is 0 Å². The highest BCUT2D eigenvalue weighted by molar-refractivity contribution is 5.72. The highest BCUT2D eigenvalue weighted by Gasteiger charge is 2.19. The Morgan fingerprint density at radius 1 is 0.392 bits per heavy atom. The van der Waals surface area contributed by atoms with Crippen molar-refractivity contribution in [1.29, 1.82) is 0 Å². The Labute approximate surface area is 311 Å². The van der Waals surface area contributed by atoms with Crippen LogP contribution in [0.5, 0.6) is 0 Å². The van der Waals surface area contributed by atoms with E-state index in [0.29, 0.717) is 6.42 Å². The summed E-state index contributed by atoms with van der Waals surface area (Å²) in [6.45, 7) is 5.74. The molecule has 1 atom stereocenters. The molecule has 0 rings (SSSR count). The molecule has 0 aliphatic rings. The molecule has 0 saturated heterocycles. The van der Waals surface area contributed by atoms with Gasteiger partial charge in [-0.15, -0.1) is 0 Å². The van der Waals surface area contributed by atoms with Gasteiger partial charge in [0.1, 0.15) is 26.4 Å². The van der Waals surface area contributed by atoms with E-state index < -0.39 is 24.0 Å². The minimum Gasteiger partial charge on any atom is -0.464 e. The van der Waals surface area contributed by atoms with E-state index in [2.05, 4.69) is 13.8 Å². The van der Waals surface area contributed by atoms with E-state index in [0.717, 1.165) is 38.5 Å². The molecule has 1 unspecified atom stereocenters. The Bertz CT molecular complexity index is 818. The van der Waals surface area contributed by atoms with E-state index in [-0.39, 0.29) is 58.6 Å². The molecule has 10 nitrogen and oxygen atoms in total. The molecule has 0 spiro atoms. The molecule has 51 heavy (non-hydrogen) atoms. The lowest BCUT2D eigenvalue weighted by atomic mass is 10.0. The molecule has 0 saturated carbocycles. The van der Waals surface area contributed by atoms with Crippen molar-refractivity contribution in [2.45, 2.75) is 194 Å². The van der Waals surface area contributed by atoms with Gasteiger partial charge in [-0.1, -0.05) is 155 Å². The SMILES string of the molecule is CCCCCCCCCCCCCCC(=O)OCC(COC(=O)COCCOCC(=O)OCC)OC(=O)CCCCCCCCCCCCCC. The van der Waals surface area contributed by atoms with Crippen molar-refractivity contribution in [2.24, 2.45) is 0 Å². The van der Waals surface area contributed by atoms with Crippen molar-refractivity contribution < 1.29 is 47.6 Å². The lowest BCUT2D eigenvalue weighted by molar-refractivity contribution is -0.168. The largest absolute Gasteiger partial charge is 0.464 e. The predicted octanol–water partition coefficient (Wildman–Crippen LogP) is 9.76. The zero-order valence-electron chi connectivity index (χ0n) is 33.0. The number of rotatable bonds is 39. The third kappa shape index (κ3) is 37.4. The summed E-state index contributed by atoms with van der Waals surface area (Å²) >= 11 is 0. The molecule has 0 heterocycles. The zero-order valence-corrected chi connectivity index (χ0v) is 33.0. The normalized spacial score (nSPS) is 11.7. The van der Waals surface area contributed by atoms with E-state index in [9.17, 15) is 19.2 Å². The summed E-state index contributed by atoms with van der Waals surface area (Å²) in [4.78, 5) is 48.5. The van der Waals surface area contributed by atoms with Gasteiger partial charge in [-0.2, -0.15) is 0 Å². The molecule has 0 bridgehead atoms. The van der Waals surface area contributed by atoms with E-state index >= 15 is 0 Å². The van der Waals surface area contributed by atoms with Crippen molar-refractivity contribution >= 4 is 23.9 Å². The fraction of sp³-hybridized carbons (Fsp3) is 0.902. The Kier molecular flexibility index (Phi) is 37.3. The monoisotopic (exact) mass is 729 g/mol. The Morgan fingerprint density at radius 2 is 0.725 bits per heavy atom. The number of hydrogen-bond donors (Lipinski definition) is 0. The van der Waals surface area contributed by atoms with Crippen LogP contribution in [0.1, 0.15) is 188 Å². The van der Waals surface area contributed by atoms with Crippen LogP contribution in [0.25, 0.3) is 0 Å². The summed E-state index contributed by atoms with van der Waals surface area (Å²) in [7, 11) is 0. The van der Waals surface area contributed by atoms with E-state index in [4.69, 9.17) is 28.4 Å². The van der Waals surface area contributed by atoms with Gasteiger partial charge in [0.15, 0.2) is 6.10 Å². The molecule has 0 N–H and O–H groups in total. The van der Waals surface area contributed by atoms with Gasteiger partial charge in [-0.05, 0) is 19.8 Å². The second-order valence-corrected chi connectivity index (χ2v) is 13.7. The average molecular weight is 729 g/mol. The van der Waals surface area contributed by atoms with Crippen molar-refractivity contribution in [1.82, 2.24) is 0 Å². The third-order valence-electron chi connectivity index (χ3n) is 8.74. The zero-order chi connectivity index (χ0) is 37.5. The second-order valence-electron chi connectivity index (χ2n) is 13.7. The molecular weight excluding hydrogens is 652 g/mol. The Morgan fingerprint density at radius 3 is 1.12 bits per heavy atom. The van der Waals surface area contributed by atoms with Crippen LogP contribution in [-0.4, -0.2) is 76.2 Å². The van der Waals surface area contributed by atoms with Gasteiger partial charge in [-0.25, -0.2) is 9.59 Å². The number of ether oxygens (including phenoxy) is 6. The minimum absolute atomic E-state index is 0.0860. The van der Waals surface area contributed by atoms with Crippen molar-refractivity contribution in [2.75, 3.05) is 46.2 Å². The summed E-state index contributed by atoms with van der Waals surface area (Å²) in [6.07, 6.45) is 28.7. The number of carbonyl (C=O) groups excluding carboxylic acids is 4. The van der Waals surface area contributed by atoms with E-state index in [1.165, 1.54) is 116 Å². The topological polar surface area (TPSA) is 124 Å². The molecule has 0 amide bonds. The highest BCUT2D eigenvalue weighted by Crippen LogP contribution is 2.14. The fourth-order valence-corrected chi connectivity index (χ4v) is 5.70. The lowest BCUT2D eigenvalue weighted by Gasteiger charge is -2.18. The molecule has 0 fully saturated rings. The highest BCUT2D eigenvalue weighted by atomic mass is 16.6. The van der Waals surface area contributed by atoms with Crippen molar-refractivity contribution in [3.8, 4) is 0 Å². The average Bonchev–Trinajstić information content (AvgIpc) is 3.11. The van der Waals surface area contributed by atoms with Crippen LogP contribution < -0.4 is 0 Å². The first kappa shape index (κ1) is 48.8. The molecule has 0 aliphatic carbocycles. The quantitative estimate of drug-likeness (QED) is 0.0343. The fourth-order valence-electron chi connectivity index (χ4n) is 5.70. The van der Waals surface area contributed by atoms with Crippen LogP contribution in [0.4, 0.5) is 0 Å². The predicted molar refractivity (Wildman–Crippen MR) is 201 cm³/mol. The van der Waals surface area contributed by atoms with Crippen LogP contribution >= 0.6 is 0 Å². The summed E-state index contributed by atoms with van der Waals surface area (Å²) in [5, 5.41) is 0. The maximum atomic E-state index is 12.6. The third-order valence-corrected chi connectivity index (χ3v) is 8.74. The Balaban J connectivity index is 4.35. The first-order chi connectivity index (χ1) is 24.9. The number of carbonyl (C=O) groups is 4. The van der Waals surface area contributed by atoms with E-state index in [1.54, 1.807) is 6.92 Å². The minimum atomic E-state index is -0.891. The van der Waals surface area contributed by atoms with Gasteiger partial charge in [0.05, 0.1) is 19.8 Å². The number of hydrogen-bond acceptors (Lipinski definition) is 10. The smallest absolute Gasteiger partial charge is 0.332 e. The summed E-state index contributed by atoms with van der Waals surface area (Å²) in [6, 6.07) is 0. The molecule has 0 radical (unpaired) electrons. The maximum Gasteiger partial charge on any atom is 0.332 e. The van der Waals surface area contributed by atoms with Gasteiger partial charge < -0.3 is 28.4 Å². The van der Waals surface area contributed by atoms with Crippen LogP contribution in [0, 0.1) is 0 Å². The first-order valence-corrected chi connectivity index (χ1v) is 20.7.